The van der Waals surface area contributed by atoms with Gasteiger partial charge in [0.25, 0.3) is 0 Å². The van der Waals surface area contributed by atoms with Crippen molar-refractivity contribution in [2.75, 3.05) is 11.6 Å². The molecule has 5 nitrogen and oxygen atoms in total. The fraction of sp³-hybridized carbons (Fsp3) is 0.300. The maximum Gasteiger partial charge on any atom is 0.240 e. The van der Waals surface area contributed by atoms with Gasteiger partial charge in [-0.25, -0.2) is 8.42 Å². The van der Waals surface area contributed by atoms with E-state index in [9.17, 15) is 13.2 Å². The van der Waals surface area contributed by atoms with Crippen LogP contribution in [0.1, 0.15) is 6.92 Å². The predicted molar refractivity (Wildman–Crippen MR) is 61.8 cm³/mol. The average molecular weight is 242 g/mol. The first-order valence-electron chi connectivity index (χ1n) is 4.67. The molecule has 0 aliphatic carbocycles. The molecule has 0 spiro atoms. The summed E-state index contributed by atoms with van der Waals surface area (Å²) in [5, 5.41) is 2.53. The smallest absolute Gasteiger partial charge is 0.240 e. The van der Waals surface area contributed by atoms with Crippen molar-refractivity contribution in [1.82, 2.24) is 0 Å². The Bertz CT molecular complexity index is 495. The summed E-state index contributed by atoms with van der Waals surface area (Å²) >= 11 is 0. The molecule has 0 aliphatic heterocycles. The van der Waals surface area contributed by atoms with Crippen LogP contribution < -0.4 is 11.1 Å². The molecule has 0 fully saturated rings. The molecule has 1 unspecified atom stereocenters. The number of sulfone groups is 1. The van der Waals surface area contributed by atoms with E-state index in [-0.39, 0.29) is 10.8 Å². The Hall–Kier alpha value is -1.40. The fourth-order valence-electron chi connectivity index (χ4n) is 1.06. The summed E-state index contributed by atoms with van der Waals surface area (Å²) in [4.78, 5) is 11.4. The second-order valence-corrected chi connectivity index (χ2v) is 5.59. The third-order valence-electron chi connectivity index (χ3n) is 1.94. The number of hydrogen-bond acceptors (Lipinski definition) is 4. The quantitative estimate of drug-likeness (QED) is 0.801. The van der Waals surface area contributed by atoms with Crippen LogP contribution in [-0.4, -0.2) is 26.6 Å². The number of hydrogen-bond donors (Lipinski definition) is 2. The van der Waals surface area contributed by atoms with Crippen molar-refractivity contribution in [2.45, 2.75) is 17.9 Å². The molecule has 1 amide bonds. The summed E-state index contributed by atoms with van der Waals surface area (Å²) in [6.45, 7) is 1.55. The van der Waals surface area contributed by atoms with E-state index in [1.807, 2.05) is 0 Å². The Balaban J connectivity index is 2.96. The molecule has 6 heteroatoms. The highest BCUT2D eigenvalue weighted by Crippen LogP contribution is 2.15. The van der Waals surface area contributed by atoms with Crippen LogP contribution in [0.5, 0.6) is 0 Å². The van der Waals surface area contributed by atoms with Gasteiger partial charge < -0.3 is 11.1 Å². The van der Waals surface area contributed by atoms with E-state index in [0.717, 1.165) is 6.26 Å². The van der Waals surface area contributed by atoms with Gasteiger partial charge in [0.1, 0.15) is 0 Å². The molecule has 88 valence electrons. The Kier molecular flexibility index (Phi) is 3.66. The summed E-state index contributed by atoms with van der Waals surface area (Å²) in [6, 6.07) is 5.40. The summed E-state index contributed by atoms with van der Waals surface area (Å²) < 4.78 is 22.5. The van der Waals surface area contributed by atoms with Gasteiger partial charge in [-0.3, -0.25) is 4.79 Å². The van der Waals surface area contributed by atoms with Gasteiger partial charge in [-0.05, 0) is 25.1 Å². The van der Waals surface area contributed by atoms with Crippen molar-refractivity contribution in [2.24, 2.45) is 5.73 Å². The minimum absolute atomic E-state index is 0.162. The van der Waals surface area contributed by atoms with Crippen molar-refractivity contribution in [3.8, 4) is 0 Å². The molecule has 1 aromatic rings. The van der Waals surface area contributed by atoms with Gasteiger partial charge in [-0.2, -0.15) is 0 Å². The number of nitrogens with two attached hydrogens (primary N) is 1. The molecule has 3 N–H and O–H groups in total. The Labute approximate surface area is 94.6 Å². The van der Waals surface area contributed by atoms with E-state index >= 15 is 0 Å². The van der Waals surface area contributed by atoms with Crippen LogP contribution in [0.2, 0.25) is 0 Å². The number of anilines is 1. The third kappa shape index (κ3) is 3.32. The molecular weight excluding hydrogens is 228 g/mol. The lowest BCUT2D eigenvalue weighted by Crippen LogP contribution is -2.32. The molecule has 1 rings (SSSR count). The zero-order chi connectivity index (χ0) is 12.3. The normalized spacial score (nSPS) is 13.2. The van der Waals surface area contributed by atoms with Crippen LogP contribution in [0.15, 0.2) is 29.2 Å². The minimum atomic E-state index is -3.26. The van der Waals surface area contributed by atoms with E-state index in [4.69, 9.17) is 5.73 Å². The van der Waals surface area contributed by atoms with Crippen LogP contribution in [0.3, 0.4) is 0 Å². The average Bonchev–Trinajstić information content (AvgIpc) is 2.16. The number of amides is 1. The topological polar surface area (TPSA) is 89.3 Å². The molecule has 0 saturated heterocycles. The standard InChI is InChI=1S/C10H14N2O3S/c1-7(11)10(13)12-8-4-3-5-9(6-8)16(2,14)15/h3-7H,11H2,1-2H3,(H,12,13). The molecule has 0 bridgehead atoms. The molecular formula is C10H14N2O3S. The second-order valence-electron chi connectivity index (χ2n) is 3.58. The second kappa shape index (κ2) is 4.63. The molecule has 0 heterocycles. The summed E-state index contributed by atoms with van der Waals surface area (Å²) in [5.74, 6) is -0.356. The van der Waals surface area contributed by atoms with Crippen molar-refractivity contribution in [1.29, 1.82) is 0 Å². The van der Waals surface area contributed by atoms with Crippen molar-refractivity contribution < 1.29 is 13.2 Å². The van der Waals surface area contributed by atoms with Gasteiger partial charge in [-0.15, -0.1) is 0 Å². The summed E-state index contributed by atoms with van der Waals surface area (Å²) in [5.41, 5.74) is 5.80. The predicted octanol–water partition coefficient (Wildman–Crippen LogP) is 0.376. The molecule has 0 aromatic heterocycles. The zero-order valence-electron chi connectivity index (χ0n) is 9.10. The highest BCUT2D eigenvalue weighted by molar-refractivity contribution is 7.90. The first-order valence-corrected chi connectivity index (χ1v) is 6.56. The van der Waals surface area contributed by atoms with Gasteiger partial charge in [0.05, 0.1) is 10.9 Å². The number of carbonyl (C=O) groups excluding carboxylic acids is 1. The fourth-order valence-corrected chi connectivity index (χ4v) is 1.73. The number of rotatable bonds is 3. The van der Waals surface area contributed by atoms with E-state index < -0.39 is 15.9 Å². The Morgan fingerprint density at radius 2 is 2.06 bits per heavy atom. The Morgan fingerprint density at radius 1 is 1.44 bits per heavy atom. The lowest BCUT2D eigenvalue weighted by Gasteiger charge is -2.08. The molecule has 0 saturated carbocycles. The Morgan fingerprint density at radius 3 is 2.56 bits per heavy atom. The molecule has 1 aromatic carbocycles. The van der Waals surface area contributed by atoms with E-state index in [1.54, 1.807) is 19.1 Å². The van der Waals surface area contributed by atoms with Crippen LogP contribution in [-0.2, 0) is 14.6 Å². The molecule has 1 atom stereocenters. The zero-order valence-corrected chi connectivity index (χ0v) is 9.91. The minimum Gasteiger partial charge on any atom is -0.325 e. The van der Waals surface area contributed by atoms with Crippen LogP contribution in [0.25, 0.3) is 0 Å². The third-order valence-corrected chi connectivity index (χ3v) is 3.05. The van der Waals surface area contributed by atoms with Crippen molar-refractivity contribution in [3.05, 3.63) is 24.3 Å². The van der Waals surface area contributed by atoms with Gasteiger partial charge >= 0.3 is 0 Å². The van der Waals surface area contributed by atoms with Crippen molar-refractivity contribution in [3.63, 3.8) is 0 Å². The van der Waals surface area contributed by atoms with Crippen LogP contribution in [0, 0.1) is 0 Å². The van der Waals surface area contributed by atoms with Gasteiger partial charge in [-0.1, -0.05) is 6.07 Å². The van der Waals surface area contributed by atoms with E-state index in [0.29, 0.717) is 5.69 Å². The van der Waals surface area contributed by atoms with Crippen molar-refractivity contribution >= 4 is 21.4 Å². The van der Waals surface area contributed by atoms with Gasteiger partial charge in [0.2, 0.25) is 5.91 Å². The van der Waals surface area contributed by atoms with Crippen LogP contribution >= 0.6 is 0 Å². The maximum atomic E-state index is 11.3. The largest absolute Gasteiger partial charge is 0.325 e. The van der Waals surface area contributed by atoms with E-state index in [1.165, 1.54) is 12.1 Å². The van der Waals surface area contributed by atoms with Crippen LogP contribution in [0.4, 0.5) is 5.69 Å². The first kappa shape index (κ1) is 12.7. The molecule has 0 aliphatic rings. The summed E-state index contributed by atoms with van der Waals surface area (Å²) in [6.07, 6.45) is 1.11. The highest BCUT2D eigenvalue weighted by atomic mass is 32.2. The monoisotopic (exact) mass is 242 g/mol. The number of nitrogens with one attached hydrogen (secondary N) is 1. The molecule has 0 radical (unpaired) electrons. The number of benzene rings is 1. The maximum absolute atomic E-state index is 11.3. The highest BCUT2D eigenvalue weighted by Gasteiger charge is 2.10. The molecule has 16 heavy (non-hydrogen) atoms. The first-order chi connectivity index (χ1) is 7.30. The summed E-state index contributed by atoms with van der Waals surface area (Å²) in [7, 11) is -3.26. The lowest BCUT2D eigenvalue weighted by atomic mass is 10.3. The van der Waals surface area contributed by atoms with Gasteiger partial charge in [0, 0.05) is 11.9 Å². The number of carbonyl (C=O) groups is 1. The van der Waals surface area contributed by atoms with E-state index in [2.05, 4.69) is 5.32 Å². The SMILES string of the molecule is CC(N)C(=O)Nc1cccc(S(C)(=O)=O)c1. The van der Waals surface area contributed by atoms with Gasteiger partial charge in [0.15, 0.2) is 9.84 Å². The lowest BCUT2D eigenvalue weighted by molar-refractivity contribution is -0.117.